The van der Waals surface area contributed by atoms with E-state index in [1.807, 2.05) is 0 Å². The smallest absolute Gasteiger partial charge is 0.0549 e. The van der Waals surface area contributed by atoms with Gasteiger partial charge in [0, 0.05) is 56.2 Å². The van der Waals surface area contributed by atoms with Gasteiger partial charge in [-0.05, 0) is 315 Å². The molecule has 0 bridgehead atoms. The quantitative estimate of drug-likeness (QED) is 0.119. The molecule has 0 saturated carbocycles. The SMILES string of the molecule is CC1(C)c2ccccc2-c2c(N(c3ccc(-c4ccccc4)cc3)c3ccc4c(c3)C(C)(C)C(C)(C)c3ccccc3-4)cc3ccccc3c21.CC1(C)c2ccccc2-c2c1cc1ccccc1c2C(c1ccc(-c2ccccc2)cc1)c1ccc2c(c1)C(C)(C)C(C)(C)c1ccccc1-2.CC1(C)c2ccccc2-c2ccc3ccc(N(c4ccc5c(c4)C(C)(C)C(C)(C)c4ccccc4-5)c4ccc5ccccc5c4)cc3c21. The van der Waals surface area contributed by atoms with E-state index in [4.69, 9.17) is 0 Å². The summed E-state index contributed by atoms with van der Waals surface area (Å²) in [5.74, 6) is 0.0306. The summed E-state index contributed by atoms with van der Waals surface area (Å²) in [5.41, 5.74) is 48.6. The van der Waals surface area contributed by atoms with E-state index in [0.29, 0.717) is 0 Å². The van der Waals surface area contributed by atoms with Gasteiger partial charge in [-0.3, -0.25) is 0 Å². The monoisotopic (exact) mass is 1910 g/mol. The molecule has 6 aliphatic carbocycles. The predicted molar refractivity (Wildman–Crippen MR) is 631 cm³/mol. The van der Waals surface area contributed by atoms with Crippen LogP contribution >= 0.6 is 0 Å². The summed E-state index contributed by atoms with van der Waals surface area (Å²) >= 11 is 0. The number of hydrogen-bond donors (Lipinski definition) is 0. The zero-order valence-corrected chi connectivity index (χ0v) is 88.6. The van der Waals surface area contributed by atoms with Crippen LogP contribution in [0.1, 0.15) is 214 Å². The van der Waals surface area contributed by atoms with E-state index < -0.39 is 0 Å². The normalized spacial score (nSPS) is 16.2. The minimum Gasteiger partial charge on any atom is -0.310 e. The molecule has 2 nitrogen and oxygen atoms in total. The van der Waals surface area contributed by atoms with Crippen molar-refractivity contribution in [3.8, 4) is 89.0 Å². The zero-order chi connectivity index (χ0) is 102. The predicted octanol–water partition coefficient (Wildman–Crippen LogP) is 39.8. The second kappa shape index (κ2) is 34.2. The summed E-state index contributed by atoms with van der Waals surface area (Å²) in [6, 6.07) is 166. The molecule has 0 fully saturated rings. The van der Waals surface area contributed by atoms with E-state index in [1.54, 1.807) is 0 Å². The lowest BCUT2D eigenvalue weighted by Gasteiger charge is -2.48. The van der Waals surface area contributed by atoms with E-state index in [9.17, 15) is 0 Å². The topological polar surface area (TPSA) is 6.48 Å². The number of hydrogen-bond acceptors (Lipinski definition) is 2. The van der Waals surface area contributed by atoms with Crippen molar-refractivity contribution < 1.29 is 0 Å². The van der Waals surface area contributed by atoms with Crippen molar-refractivity contribution in [2.24, 2.45) is 0 Å². The fraction of sp³-hybridized carbons (Fsp3) is 0.192. The Labute approximate surface area is 875 Å². The van der Waals surface area contributed by atoms with Gasteiger partial charge in [-0.1, -0.05) is 495 Å². The highest BCUT2D eigenvalue weighted by Gasteiger charge is 2.51. The lowest BCUT2D eigenvalue weighted by atomic mass is 9.55. The molecule has 0 radical (unpaired) electrons. The van der Waals surface area contributed by atoms with Gasteiger partial charge in [0.15, 0.2) is 0 Å². The van der Waals surface area contributed by atoms with Crippen LogP contribution in [0.2, 0.25) is 0 Å². The van der Waals surface area contributed by atoms with Gasteiger partial charge in [-0.2, -0.15) is 0 Å². The van der Waals surface area contributed by atoms with Crippen LogP contribution in [0.3, 0.4) is 0 Å². The van der Waals surface area contributed by atoms with Gasteiger partial charge in [-0.25, -0.2) is 0 Å². The molecule has 2 heteroatoms. The maximum Gasteiger partial charge on any atom is 0.0549 e. The van der Waals surface area contributed by atoms with Crippen molar-refractivity contribution in [1.82, 2.24) is 0 Å². The molecular formula is C146H128N2. The molecule has 1 unspecified atom stereocenters. The highest BCUT2D eigenvalue weighted by molar-refractivity contribution is 6.08. The lowest BCUT2D eigenvalue weighted by Crippen LogP contribution is -2.43. The van der Waals surface area contributed by atoms with Crippen molar-refractivity contribution >= 4 is 77.2 Å². The Bertz CT molecular complexity index is 8960. The highest BCUT2D eigenvalue weighted by atomic mass is 15.2. The standard InChI is InChI=1S/C50H44.C49H43N.C47H41N/c1-48(2)41-22-14-13-21-40(41)46-44(48)30-35-18-10-11-19-37(35)47(46)45(34-26-24-33(25-27-34)32-16-8-7-9-17-32)36-28-29-39-38-20-12-15-23-42(38)49(3,4)50(5,6)43(39)31-36;1-47(2)41-22-14-13-21-40(41)45-44(30-34-18-10-11-19-37(34)46(45)47)50(35-26-24-33(25-27-35)32-16-8-7-9-17-32)36-28-29-39-38-20-12-15-23-42(38)48(3,4)49(5,6)43(39)31-36;1-45(2)41-17-11-9-16-37(41)39-25-21-31-20-23-34(28-40(31)44(39)45)48(33-22-19-30-13-7-8-14-32(30)27-33)35-24-26-38-36-15-10-12-18-42(36)46(3,4)47(5,6)43(38)29-35/h7-31,45H,1-6H3;7-31H,1-6H3;7-29H,1-6H3. The molecule has 6 aliphatic rings. The fourth-order valence-corrected chi connectivity index (χ4v) is 27.2. The molecule has 21 aromatic carbocycles. The molecule has 0 amide bonds. The van der Waals surface area contributed by atoms with E-state index in [2.05, 4.69) is 577 Å². The van der Waals surface area contributed by atoms with Crippen molar-refractivity contribution in [1.29, 1.82) is 0 Å². The van der Waals surface area contributed by atoms with Crippen LogP contribution in [0.5, 0.6) is 0 Å². The minimum absolute atomic E-state index is 0.0306. The first-order valence-corrected chi connectivity index (χ1v) is 53.4. The minimum atomic E-state index is -0.143. The molecule has 21 aromatic rings. The molecule has 0 heterocycles. The number of benzene rings is 21. The van der Waals surface area contributed by atoms with E-state index >= 15 is 0 Å². The highest BCUT2D eigenvalue weighted by Crippen LogP contribution is 2.64. The summed E-state index contributed by atoms with van der Waals surface area (Å²) in [6.45, 7) is 43.5. The van der Waals surface area contributed by atoms with E-state index in [0.717, 1.165) is 11.4 Å². The molecule has 148 heavy (non-hydrogen) atoms. The second-order valence-corrected chi connectivity index (χ2v) is 47.4. The maximum absolute atomic E-state index is 2.57. The first-order chi connectivity index (χ1) is 71.2. The zero-order valence-electron chi connectivity index (χ0n) is 88.6. The molecule has 0 N–H and O–H groups in total. The molecule has 0 spiro atoms. The van der Waals surface area contributed by atoms with Gasteiger partial charge in [-0.15, -0.1) is 0 Å². The third-order valence-electron chi connectivity index (χ3n) is 37.3. The molecule has 27 rings (SSSR count). The van der Waals surface area contributed by atoms with Gasteiger partial charge < -0.3 is 9.80 Å². The van der Waals surface area contributed by atoms with Crippen LogP contribution in [-0.2, 0) is 48.7 Å². The first-order valence-electron chi connectivity index (χ1n) is 53.4. The lowest BCUT2D eigenvalue weighted by molar-refractivity contribution is 0.299. The van der Waals surface area contributed by atoms with Gasteiger partial charge in [0.1, 0.15) is 0 Å². The van der Waals surface area contributed by atoms with Gasteiger partial charge in [0.25, 0.3) is 0 Å². The third kappa shape index (κ3) is 14.1. The largest absolute Gasteiger partial charge is 0.310 e. The van der Waals surface area contributed by atoms with Crippen molar-refractivity contribution in [2.45, 2.75) is 179 Å². The summed E-state index contributed by atoms with van der Waals surface area (Å²) < 4.78 is 0. The average molecular weight is 1910 g/mol. The Morgan fingerprint density at radius 3 is 1.03 bits per heavy atom. The molecule has 722 valence electrons. The number of anilines is 6. The van der Waals surface area contributed by atoms with Crippen LogP contribution in [0.15, 0.2) is 443 Å². The Morgan fingerprint density at radius 2 is 0.500 bits per heavy atom. The van der Waals surface area contributed by atoms with Crippen LogP contribution < -0.4 is 9.80 Å². The number of nitrogens with zero attached hydrogens (tertiary/aromatic N) is 2. The van der Waals surface area contributed by atoms with Crippen LogP contribution in [0, 0.1) is 0 Å². The average Bonchev–Trinajstić information content (AvgIpc) is 1.47. The van der Waals surface area contributed by atoms with Crippen molar-refractivity contribution in [3.05, 3.63) is 526 Å². The van der Waals surface area contributed by atoms with E-state index in [1.165, 1.54) is 238 Å². The maximum atomic E-state index is 2.57. The van der Waals surface area contributed by atoms with Gasteiger partial charge in [0.2, 0.25) is 0 Å². The Morgan fingerprint density at radius 1 is 0.169 bits per heavy atom. The summed E-state index contributed by atoms with van der Waals surface area (Å²) in [6.07, 6.45) is 0. The Kier molecular flexibility index (Phi) is 21.6. The molecular weight excluding hydrogens is 1780 g/mol. The van der Waals surface area contributed by atoms with E-state index in [-0.39, 0.29) is 54.7 Å². The number of fused-ring (bicyclic) bond motifs is 24. The van der Waals surface area contributed by atoms with Gasteiger partial charge >= 0.3 is 0 Å². The molecule has 1 atom stereocenters. The van der Waals surface area contributed by atoms with Crippen LogP contribution in [0.4, 0.5) is 34.1 Å². The van der Waals surface area contributed by atoms with Crippen LogP contribution in [0.25, 0.3) is 132 Å². The summed E-state index contributed by atoms with van der Waals surface area (Å²) in [5, 5.41) is 10.3. The van der Waals surface area contributed by atoms with Gasteiger partial charge in [0.05, 0.1) is 5.69 Å². The Hall–Kier alpha value is -15.7. The summed E-state index contributed by atoms with van der Waals surface area (Å²) in [4.78, 5) is 5.01. The fourth-order valence-electron chi connectivity index (χ4n) is 27.2. The van der Waals surface area contributed by atoms with Crippen LogP contribution in [-0.4, -0.2) is 0 Å². The number of rotatable bonds is 11. The second-order valence-electron chi connectivity index (χ2n) is 47.4. The Balaban J connectivity index is 0.000000115. The van der Waals surface area contributed by atoms with Crippen molar-refractivity contribution in [3.63, 3.8) is 0 Å². The van der Waals surface area contributed by atoms with Crippen molar-refractivity contribution in [2.75, 3.05) is 9.80 Å². The molecule has 0 aromatic heterocycles. The summed E-state index contributed by atoms with van der Waals surface area (Å²) in [7, 11) is 0. The molecule has 0 saturated heterocycles. The first kappa shape index (κ1) is 93.3. The molecule has 0 aliphatic heterocycles. The third-order valence-corrected chi connectivity index (χ3v) is 37.3.